The Morgan fingerprint density at radius 1 is 1.36 bits per heavy atom. The maximum atomic E-state index is 12.4. The second-order valence-corrected chi connectivity index (χ2v) is 7.38. The van der Waals surface area contributed by atoms with Gasteiger partial charge in [0.05, 0.1) is 12.8 Å². The number of hydrogen-bond acceptors (Lipinski definition) is 4. The highest BCUT2D eigenvalue weighted by atomic mass is 32.1. The van der Waals surface area contributed by atoms with Crippen LogP contribution in [0.15, 0.2) is 34.3 Å². The van der Waals surface area contributed by atoms with Crippen molar-refractivity contribution in [2.45, 2.75) is 32.4 Å². The van der Waals surface area contributed by atoms with Crippen molar-refractivity contribution in [1.82, 2.24) is 15.1 Å². The molecule has 1 N–H and O–H groups in total. The van der Waals surface area contributed by atoms with Crippen LogP contribution >= 0.6 is 11.3 Å². The van der Waals surface area contributed by atoms with Gasteiger partial charge in [-0.25, -0.2) is 4.79 Å². The standard InChI is InChI=1S/C18H23N3O3S/c1-13-7-11-25-16(13)12-20(2)18(23)19-14-5-8-21(9-6-14)17(22)15-4-3-10-24-15/h3-4,7,10-11,14H,5-6,8-9,12H2,1-2H3,(H,19,23). The van der Waals surface area contributed by atoms with Gasteiger partial charge in [-0.2, -0.15) is 0 Å². The molecule has 1 fully saturated rings. The fraction of sp³-hybridized carbons (Fsp3) is 0.444. The van der Waals surface area contributed by atoms with Gasteiger partial charge in [-0.1, -0.05) is 0 Å². The fourth-order valence-corrected chi connectivity index (χ4v) is 3.88. The van der Waals surface area contributed by atoms with E-state index in [4.69, 9.17) is 4.42 Å². The lowest BCUT2D eigenvalue weighted by atomic mass is 10.0. The Labute approximate surface area is 151 Å². The van der Waals surface area contributed by atoms with Crippen molar-refractivity contribution >= 4 is 23.3 Å². The number of nitrogens with zero attached hydrogens (tertiary/aromatic N) is 2. The van der Waals surface area contributed by atoms with E-state index in [-0.39, 0.29) is 18.0 Å². The zero-order valence-electron chi connectivity index (χ0n) is 14.5. The van der Waals surface area contributed by atoms with Crippen LogP contribution in [0, 0.1) is 6.92 Å². The van der Waals surface area contributed by atoms with Gasteiger partial charge in [0.1, 0.15) is 0 Å². The highest BCUT2D eigenvalue weighted by Gasteiger charge is 2.26. The molecule has 6 nitrogen and oxygen atoms in total. The van der Waals surface area contributed by atoms with Crippen LogP contribution in [0.1, 0.15) is 33.8 Å². The molecule has 1 saturated heterocycles. The predicted octanol–water partition coefficient (Wildman–Crippen LogP) is 3.10. The monoisotopic (exact) mass is 361 g/mol. The molecule has 0 spiro atoms. The summed E-state index contributed by atoms with van der Waals surface area (Å²) in [7, 11) is 1.81. The summed E-state index contributed by atoms with van der Waals surface area (Å²) in [6.07, 6.45) is 3.01. The summed E-state index contributed by atoms with van der Waals surface area (Å²) in [4.78, 5) is 29.3. The zero-order valence-corrected chi connectivity index (χ0v) is 15.3. The van der Waals surface area contributed by atoms with Crippen molar-refractivity contribution in [3.63, 3.8) is 0 Å². The molecule has 0 unspecified atom stereocenters. The van der Waals surface area contributed by atoms with E-state index in [0.717, 1.165) is 12.8 Å². The summed E-state index contributed by atoms with van der Waals surface area (Å²) in [6, 6.07) is 5.49. The number of nitrogens with one attached hydrogen (secondary N) is 1. The van der Waals surface area contributed by atoms with Crippen molar-refractivity contribution in [3.05, 3.63) is 46.0 Å². The van der Waals surface area contributed by atoms with E-state index in [2.05, 4.69) is 18.3 Å². The number of thiophene rings is 1. The summed E-state index contributed by atoms with van der Waals surface area (Å²) in [6.45, 7) is 3.92. The van der Waals surface area contributed by atoms with Gasteiger partial charge >= 0.3 is 6.03 Å². The molecule has 0 aromatic carbocycles. The SMILES string of the molecule is Cc1ccsc1CN(C)C(=O)NC1CCN(C(=O)c2ccco2)CC1. The number of furan rings is 1. The van der Waals surface area contributed by atoms with E-state index in [9.17, 15) is 9.59 Å². The fourth-order valence-electron chi connectivity index (χ4n) is 2.92. The van der Waals surface area contributed by atoms with Crippen molar-refractivity contribution in [3.8, 4) is 0 Å². The zero-order chi connectivity index (χ0) is 17.8. The highest BCUT2D eigenvalue weighted by molar-refractivity contribution is 7.10. The van der Waals surface area contributed by atoms with Crippen LogP contribution in [0.5, 0.6) is 0 Å². The Morgan fingerprint density at radius 2 is 2.12 bits per heavy atom. The largest absolute Gasteiger partial charge is 0.459 e. The first-order valence-electron chi connectivity index (χ1n) is 8.42. The molecule has 0 aliphatic carbocycles. The summed E-state index contributed by atoms with van der Waals surface area (Å²) >= 11 is 1.67. The molecule has 3 rings (SSSR count). The summed E-state index contributed by atoms with van der Waals surface area (Å²) in [5, 5.41) is 5.12. The van der Waals surface area contributed by atoms with Crippen molar-refractivity contribution < 1.29 is 14.0 Å². The second-order valence-electron chi connectivity index (χ2n) is 6.38. The minimum atomic E-state index is -0.0833. The van der Waals surface area contributed by atoms with Crippen molar-refractivity contribution in [2.24, 2.45) is 0 Å². The number of amides is 3. The van der Waals surface area contributed by atoms with Crippen LogP contribution in [0.3, 0.4) is 0 Å². The first kappa shape index (κ1) is 17.5. The molecule has 0 atom stereocenters. The van der Waals surface area contributed by atoms with Crippen molar-refractivity contribution in [1.29, 1.82) is 0 Å². The van der Waals surface area contributed by atoms with E-state index in [0.29, 0.717) is 25.4 Å². The van der Waals surface area contributed by atoms with Gasteiger partial charge in [0.15, 0.2) is 5.76 Å². The molecule has 1 aliphatic heterocycles. The van der Waals surface area contributed by atoms with E-state index in [1.807, 2.05) is 12.4 Å². The third-order valence-electron chi connectivity index (χ3n) is 4.54. The lowest BCUT2D eigenvalue weighted by Gasteiger charge is -2.32. The molecule has 3 amide bonds. The molecule has 0 bridgehead atoms. The van der Waals surface area contributed by atoms with Crippen LogP contribution in [-0.4, -0.2) is 47.9 Å². The van der Waals surface area contributed by atoms with Gasteiger partial charge in [0.25, 0.3) is 5.91 Å². The van der Waals surface area contributed by atoms with E-state index in [1.54, 1.807) is 33.3 Å². The summed E-state index contributed by atoms with van der Waals surface area (Å²) in [5.41, 5.74) is 1.22. The summed E-state index contributed by atoms with van der Waals surface area (Å²) in [5.74, 6) is 0.286. The Morgan fingerprint density at radius 3 is 2.72 bits per heavy atom. The smallest absolute Gasteiger partial charge is 0.317 e. The first-order chi connectivity index (χ1) is 12.0. The van der Waals surface area contributed by atoms with Gasteiger partial charge in [-0.05, 0) is 48.9 Å². The number of hydrogen-bond donors (Lipinski definition) is 1. The maximum Gasteiger partial charge on any atom is 0.317 e. The lowest BCUT2D eigenvalue weighted by Crippen LogP contribution is -2.49. The number of piperidine rings is 1. The predicted molar refractivity (Wildman–Crippen MR) is 96.7 cm³/mol. The Kier molecular flexibility index (Phi) is 5.43. The average Bonchev–Trinajstić information content (AvgIpc) is 3.27. The number of carbonyl (C=O) groups excluding carboxylic acids is 2. The quantitative estimate of drug-likeness (QED) is 0.910. The molecule has 25 heavy (non-hydrogen) atoms. The minimum absolute atomic E-state index is 0.0661. The molecule has 0 saturated carbocycles. The third kappa shape index (κ3) is 4.22. The van der Waals surface area contributed by atoms with Crippen LogP contribution in [-0.2, 0) is 6.54 Å². The molecule has 134 valence electrons. The Bertz CT molecular complexity index is 718. The molecular weight excluding hydrogens is 338 g/mol. The topological polar surface area (TPSA) is 65.8 Å². The highest BCUT2D eigenvalue weighted by Crippen LogP contribution is 2.18. The number of likely N-dealkylation sites (tertiary alicyclic amines) is 1. The summed E-state index contributed by atoms with van der Waals surface area (Å²) < 4.78 is 5.16. The molecule has 7 heteroatoms. The van der Waals surface area contributed by atoms with Crippen LogP contribution in [0.2, 0.25) is 0 Å². The number of urea groups is 1. The van der Waals surface area contributed by atoms with E-state index < -0.39 is 0 Å². The van der Waals surface area contributed by atoms with Crippen LogP contribution in [0.4, 0.5) is 4.79 Å². The Balaban J connectivity index is 1.46. The second kappa shape index (κ2) is 7.74. The van der Waals surface area contributed by atoms with Crippen LogP contribution < -0.4 is 5.32 Å². The van der Waals surface area contributed by atoms with Gasteiger partial charge < -0.3 is 19.5 Å². The van der Waals surface area contributed by atoms with Gasteiger partial charge in [0, 0.05) is 31.1 Å². The lowest BCUT2D eigenvalue weighted by molar-refractivity contribution is 0.0674. The minimum Gasteiger partial charge on any atom is -0.459 e. The number of carbonyl (C=O) groups is 2. The average molecular weight is 361 g/mol. The van der Waals surface area contributed by atoms with E-state index in [1.165, 1.54) is 16.7 Å². The first-order valence-corrected chi connectivity index (χ1v) is 9.30. The van der Waals surface area contributed by atoms with E-state index >= 15 is 0 Å². The van der Waals surface area contributed by atoms with Gasteiger partial charge in [-0.15, -0.1) is 11.3 Å². The molecular formula is C18H23N3O3S. The van der Waals surface area contributed by atoms with Crippen molar-refractivity contribution in [2.75, 3.05) is 20.1 Å². The molecule has 2 aromatic rings. The van der Waals surface area contributed by atoms with Gasteiger partial charge in [-0.3, -0.25) is 4.79 Å². The van der Waals surface area contributed by atoms with Crippen LogP contribution in [0.25, 0.3) is 0 Å². The molecule has 3 heterocycles. The number of rotatable bonds is 4. The Hall–Kier alpha value is -2.28. The normalized spacial score (nSPS) is 15.2. The number of aryl methyl sites for hydroxylation is 1. The molecule has 0 radical (unpaired) electrons. The molecule has 1 aliphatic rings. The third-order valence-corrected chi connectivity index (χ3v) is 5.55. The van der Waals surface area contributed by atoms with Gasteiger partial charge in [0.2, 0.25) is 0 Å². The molecule has 2 aromatic heterocycles. The maximum absolute atomic E-state index is 12.4.